The molecule has 0 bridgehead atoms. The molecule has 1 aromatic heterocycles. The normalized spacial score (nSPS) is 11.5. The predicted octanol–water partition coefficient (Wildman–Crippen LogP) is 5.51. The van der Waals surface area contributed by atoms with Crippen molar-refractivity contribution in [2.24, 2.45) is 0 Å². The van der Waals surface area contributed by atoms with Crippen LogP contribution in [0.4, 0.5) is 0 Å². The lowest BCUT2D eigenvalue weighted by Gasteiger charge is -2.11. The molecule has 4 rings (SSSR count). The van der Waals surface area contributed by atoms with Crippen LogP contribution < -0.4 is 15.1 Å². The standard InChI is InChI=1S/C24H18ClNO4/c1-28-21-12-11-17(14-22(21)29-15-16-7-3-2-4-8-16)13-19(25)23-26-20-10-6-5-9-18(20)24(27)30-23/h2-14H,15H2,1H3/b19-13-. The maximum atomic E-state index is 12.2. The number of nitrogens with zero attached hydrogens (tertiary/aromatic N) is 1. The van der Waals surface area contributed by atoms with Crippen LogP contribution in [-0.2, 0) is 6.61 Å². The summed E-state index contributed by atoms with van der Waals surface area (Å²) in [7, 11) is 1.58. The number of methoxy groups -OCH3 is 1. The third kappa shape index (κ3) is 4.36. The number of hydrogen-bond donors (Lipinski definition) is 0. The Morgan fingerprint density at radius 2 is 1.80 bits per heavy atom. The molecule has 150 valence electrons. The van der Waals surface area contributed by atoms with Crippen molar-refractivity contribution in [3.05, 3.63) is 100 Å². The highest BCUT2D eigenvalue weighted by atomic mass is 35.5. The van der Waals surface area contributed by atoms with Gasteiger partial charge in [-0.3, -0.25) is 0 Å². The van der Waals surface area contributed by atoms with Crippen LogP contribution in [0.2, 0.25) is 0 Å². The Bertz CT molecular complexity index is 1270. The van der Waals surface area contributed by atoms with Crippen LogP contribution >= 0.6 is 11.6 Å². The molecule has 0 aliphatic carbocycles. The summed E-state index contributed by atoms with van der Waals surface area (Å²) in [4.78, 5) is 16.5. The van der Waals surface area contributed by atoms with Crippen LogP contribution in [0.1, 0.15) is 17.0 Å². The number of ether oxygens (including phenoxy) is 2. The number of fused-ring (bicyclic) bond motifs is 1. The average molecular weight is 420 g/mol. The van der Waals surface area contributed by atoms with Crippen molar-refractivity contribution in [3.8, 4) is 11.5 Å². The average Bonchev–Trinajstić information content (AvgIpc) is 2.78. The molecule has 30 heavy (non-hydrogen) atoms. The van der Waals surface area contributed by atoms with E-state index in [0.29, 0.717) is 29.0 Å². The van der Waals surface area contributed by atoms with Crippen LogP contribution in [0.25, 0.3) is 22.0 Å². The molecule has 0 aliphatic heterocycles. The molecule has 6 heteroatoms. The van der Waals surface area contributed by atoms with Crippen molar-refractivity contribution in [2.45, 2.75) is 6.61 Å². The summed E-state index contributed by atoms with van der Waals surface area (Å²) in [5, 5.41) is 0.615. The van der Waals surface area contributed by atoms with Gasteiger partial charge in [0.1, 0.15) is 11.6 Å². The summed E-state index contributed by atoms with van der Waals surface area (Å²) < 4.78 is 16.6. The third-order valence-corrected chi connectivity index (χ3v) is 4.73. The van der Waals surface area contributed by atoms with Gasteiger partial charge in [-0.05, 0) is 41.5 Å². The molecular formula is C24H18ClNO4. The second-order valence-corrected chi connectivity index (χ2v) is 6.91. The summed E-state index contributed by atoms with van der Waals surface area (Å²) in [6, 6.07) is 22.2. The monoisotopic (exact) mass is 419 g/mol. The van der Waals surface area contributed by atoms with E-state index < -0.39 is 5.63 Å². The van der Waals surface area contributed by atoms with Gasteiger partial charge < -0.3 is 13.9 Å². The molecule has 0 aliphatic rings. The van der Waals surface area contributed by atoms with Gasteiger partial charge in [0.25, 0.3) is 0 Å². The molecule has 0 amide bonds. The first-order chi connectivity index (χ1) is 14.6. The highest BCUT2D eigenvalue weighted by molar-refractivity contribution is 6.50. The molecule has 1 heterocycles. The van der Waals surface area contributed by atoms with E-state index in [0.717, 1.165) is 11.1 Å². The van der Waals surface area contributed by atoms with Crippen molar-refractivity contribution in [1.82, 2.24) is 4.98 Å². The van der Waals surface area contributed by atoms with Gasteiger partial charge in [0.05, 0.1) is 18.0 Å². The van der Waals surface area contributed by atoms with Gasteiger partial charge in [-0.2, -0.15) is 0 Å². The molecule has 0 N–H and O–H groups in total. The van der Waals surface area contributed by atoms with Gasteiger partial charge in [-0.1, -0.05) is 60.1 Å². The van der Waals surface area contributed by atoms with Crippen LogP contribution in [0.5, 0.6) is 11.5 Å². The topological polar surface area (TPSA) is 61.6 Å². The lowest BCUT2D eigenvalue weighted by atomic mass is 10.2. The largest absolute Gasteiger partial charge is 0.493 e. The van der Waals surface area contributed by atoms with E-state index in [1.807, 2.05) is 42.5 Å². The number of para-hydroxylation sites is 1. The first-order valence-corrected chi connectivity index (χ1v) is 9.64. The minimum atomic E-state index is -0.483. The number of halogens is 1. The second-order valence-electron chi connectivity index (χ2n) is 6.50. The number of benzene rings is 3. The first-order valence-electron chi connectivity index (χ1n) is 9.26. The number of aromatic nitrogens is 1. The van der Waals surface area contributed by atoms with Gasteiger partial charge >= 0.3 is 5.63 Å². The van der Waals surface area contributed by atoms with E-state index in [-0.39, 0.29) is 10.9 Å². The fourth-order valence-corrected chi connectivity index (χ4v) is 3.17. The lowest BCUT2D eigenvalue weighted by Crippen LogP contribution is -2.03. The summed E-state index contributed by atoms with van der Waals surface area (Å²) in [6.45, 7) is 0.402. The van der Waals surface area contributed by atoms with E-state index >= 15 is 0 Å². The summed E-state index contributed by atoms with van der Waals surface area (Å²) in [6.07, 6.45) is 1.66. The number of rotatable bonds is 6. The maximum Gasteiger partial charge on any atom is 0.347 e. The molecule has 0 saturated carbocycles. The fraction of sp³-hybridized carbons (Fsp3) is 0.0833. The van der Waals surface area contributed by atoms with Gasteiger partial charge in [-0.15, -0.1) is 0 Å². The number of hydrogen-bond acceptors (Lipinski definition) is 5. The SMILES string of the molecule is COc1ccc(/C=C(\Cl)c2nc3ccccc3c(=O)o2)cc1OCc1ccccc1. The van der Waals surface area contributed by atoms with Crippen molar-refractivity contribution in [3.63, 3.8) is 0 Å². The third-order valence-electron chi connectivity index (χ3n) is 4.46. The highest BCUT2D eigenvalue weighted by Crippen LogP contribution is 2.31. The molecule has 0 saturated heterocycles. The van der Waals surface area contributed by atoms with Gasteiger partial charge in [0.2, 0.25) is 5.89 Å². The molecule has 0 unspecified atom stereocenters. The van der Waals surface area contributed by atoms with Crippen LogP contribution in [0.15, 0.2) is 82.0 Å². The maximum absolute atomic E-state index is 12.2. The zero-order chi connectivity index (χ0) is 20.9. The smallest absolute Gasteiger partial charge is 0.347 e. The van der Waals surface area contributed by atoms with Crippen molar-refractivity contribution < 1.29 is 13.9 Å². The molecule has 3 aromatic carbocycles. The highest BCUT2D eigenvalue weighted by Gasteiger charge is 2.11. The Hall–Kier alpha value is -3.57. The quantitative estimate of drug-likeness (QED) is 0.412. The van der Waals surface area contributed by atoms with E-state index in [9.17, 15) is 4.79 Å². The Labute approximate surface area is 178 Å². The van der Waals surface area contributed by atoms with E-state index in [1.165, 1.54) is 0 Å². The second kappa shape index (κ2) is 8.84. The predicted molar refractivity (Wildman–Crippen MR) is 118 cm³/mol. The summed E-state index contributed by atoms with van der Waals surface area (Å²) >= 11 is 6.41. The minimum Gasteiger partial charge on any atom is -0.493 e. The molecule has 0 fully saturated rings. The van der Waals surface area contributed by atoms with Crippen LogP contribution in [0, 0.1) is 0 Å². The first kappa shape index (κ1) is 19.7. The van der Waals surface area contributed by atoms with Crippen molar-refractivity contribution in [2.75, 3.05) is 7.11 Å². The fourth-order valence-electron chi connectivity index (χ4n) is 2.96. The summed E-state index contributed by atoms with van der Waals surface area (Å²) in [5.41, 5.74) is 1.84. The van der Waals surface area contributed by atoms with Crippen molar-refractivity contribution >= 4 is 33.6 Å². The van der Waals surface area contributed by atoms with Crippen LogP contribution in [0.3, 0.4) is 0 Å². The van der Waals surface area contributed by atoms with Gasteiger partial charge in [-0.25, -0.2) is 9.78 Å². The van der Waals surface area contributed by atoms with Gasteiger partial charge in [0.15, 0.2) is 11.5 Å². The Balaban J connectivity index is 1.63. The Kier molecular flexibility index (Phi) is 5.82. The summed E-state index contributed by atoms with van der Waals surface area (Å²) in [5.74, 6) is 1.24. The molecule has 4 aromatic rings. The van der Waals surface area contributed by atoms with Crippen LogP contribution in [-0.4, -0.2) is 12.1 Å². The zero-order valence-electron chi connectivity index (χ0n) is 16.2. The minimum absolute atomic E-state index is 0.0583. The lowest BCUT2D eigenvalue weighted by molar-refractivity contribution is 0.284. The molecule has 0 atom stereocenters. The zero-order valence-corrected chi connectivity index (χ0v) is 16.9. The van der Waals surface area contributed by atoms with Crippen molar-refractivity contribution in [1.29, 1.82) is 0 Å². The van der Waals surface area contributed by atoms with E-state index in [4.69, 9.17) is 25.5 Å². The van der Waals surface area contributed by atoms with Gasteiger partial charge in [0, 0.05) is 0 Å². The molecule has 0 radical (unpaired) electrons. The molecule has 0 spiro atoms. The van der Waals surface area contributed by atoms with E-state index in [2.05, 4.69) is 4.98 Å². The molecular weight excluding hydrogens is 402 g/mol. The Morgan fingerprint density at radius 1 is 1.03 bits per heavy atom. The Morgan fingerprint density at radius 3 is 2.60 bits per heavy atom. The van der Waals surface area contributed by atoms with E-state index in [1.54, 1.807) is 43.5 Å². The molecule has 5 nitrogen and oxygen atoms in total.